The average Bonchev–Trinajstić information content (AvgIpc) is 3.38. The second-order valence-corrected chi connectivity index (χ2v) is 9.89. The van der Waals surface area contributed by atoms with E-state index in [-0.39, 0.29) is 29.7 Å². The number of benzene rings is 1. The predicted molar refractivity (Wildman–Crippen MR) is 140 cm³/mol. The second kappa shape index (κ2) is 12.4. The summed E-state index contributed by atoms with van der Waals surface area (Å²) < 4.78 is 27.0. The number of amides is 1. The molecule has 0 radical (unpaired) electrons. The van der Waals surface area contributed by atoms with Gasteiger partial charge in [0.1, 0.15) is 23.4 Å². The number of methoxy groups -OCH3 is 1. The maximum absolute atomic E-state index is 13.0. The maximum Gasteiger partial charge on any atom is 0.473 e. The molecule has 38 heavy (non-hydrogen) atoms. The predicted octanol–water partition coefficient (Wildman–Crippen LogP) is 3.49. The highest BCUT2D eigenvalue weighted by Crippen LogP contribution is 2.46. The lowest BCUT2D eigenvalue weighted by molar-refractivity contribution is 0.100. The van der Waals surface area contributed by atoms with Crippen LogP contribution in [0.2, 0.25) is 5.02 Å². The Balaban J connectivity index is 1.62. The van der Waals surface area contributed by atoms with E-state index in [1.165, 1.54) is 31.9 Å². The lowest BCUT2D eigenvalue weighted by Gasteiger charge is -2.26. The fourth-order valence-corrected chi connectivity index (χ4v) is 4.54. The van der Waals surface area contributed by atoms with Crippen LogP contribution < -0.4 is 15.0 Å². The number of hydrogen-bond donors (Lipinski definition) is 2. The van der Waals surface area contributed by atoms with Crippen molar-refractivity contribution in [2.24, 2.45) is 4.99 Å². The van der Waals surface area contributed by atoms with Crippen LogP contribution in [-0.4, -0.2) is 63.9 Å². The lowest BCUT2D eigenvalue weighted by Crippen LogP contribution is -2.32. The Labute approximate surface area is 223 Å². The minimum Gasteiger partial charge on any atom is -0.495 e. The Hall–Kier alpha value is -3.48. The molecule has 200 valence electrons. The number of aromatic nitrogens is 4. The molecule has 0 aliphatic carbocycles. The number of phosphoric acid groups is 1. The van der Waals surface area contributed by atoms with Crippen molar-refractivity contribution in [3.63, 3.8) is 0 Å². The number of hydrogen-bond acceptors (Lipinski definition) is 11. The Bertz CT molecular complexity index is 1360. The minimum atomic E-state index is -4.24. The molecule has 1 unspecified atom stereocenters. The number of halogens is 1. The van der Waals surface area contributed by atoms with E-state index in [9.17, 15) is 14.3 Å². The van der Waals surface area contributed by atoms with Crippen molar-refractivity contribution in [3.05, 3.63) is 64.8 Å². The summed E-state index contributed by atoms with van der Waals surface area (Å²) >= 11 is 6.25. The molecular weight excluding hydrogens is 537 g/mol. The summed E-state index contributed by atoms with van der Waals surface area (Å²) in [5.74, 6) is 0.580. The van der Waals surface area contributed by atoms with Crippen LogP contribution in [0.15, 0.2) is 47.8 Å². The van der Waals surface area contributed by atoms with Crippen molar-refractivity contribution in [1.82, 2.24) is 19.9 Å². The zero-order valence-electron chi connectivity index (χ0n) is 20.5. The molecule has 1 aliphatic heterocycles. The van der Waals surface area contributed by atoms with E-state index in [1.54, 1.807) is 23.1 Å². The number of phosphoric ester groups is 1. The van der Waals surface area contributed by atoms with Crippen LogP contribution in [0.4, 0.5) is 11.8 Å². The first kappa shape index (κ1) is 27.6. The van der Waals surface area contributed by atoms with Crippen molar-refractivity contribution in [1.29, 1.82) is 0 Å². The zero-order valence-corrected chi connectivity index (χ0v) is 22.2. The van der Waals surface area contributed by atoms with Gasteiger partial charge in [-0.05, 0) is 36.6 Å². The van der Waals surface area contributed by atoms with Crippen molar-refractivity contribution in [2.45, 2.75) is 25.6 Å². The molecule has 0 bridgehead atoms. The van der Waals surface area contributed by atoms with Gasteiger partial charge >= 0.3 is 7.82 Å². The number of nitrogens with zero attached hydrogens (tertiary/aromatic N) is 6. The number of ether oxygens (including phenoxy) is 1. The molecule has 0 spiro atoms. The maximum atomic E-state index is 13.0. The summed E-state index contributed by atoms with van der Waals surface area (Å²) in [5.41, 5.74) is 0.904. The molecule has 3 heterocycles. The van der Waals surface area contributed by atoms with Crippen molar-refractivity contribution in [2.75, 3.05) is 31.0 Å². The monoisotopic (exact) mass is 561 g/mol. The van der Waals surface area contributed by atoms with Gasteiger partial charge in [-0.3, -0.25) is 13.8 Å². The van der Waals surface area contributed by atoms with Crippen LogP contribution in [0.5, 0.6) is 5.75 Å². The van der Waals surface area contributed by atoms with Crippen molar-refractivity contribution in [3.8, 4) is 5.75 Å². The first-order valence-corrected chi connectivity index (χ1v) is 13.3. The summed E-state index contributed by atoms with van der Waals surface area (Å²) in [4.78, 5) is 45.2. The van der Waals surface area contributed by atoms with Crippen LogP contribution in [0.3, 0.4) is 0 Å². The van der Waals surface area contributed by atoms with Gasteiger partial charge < -0.3 is 19.8 Å². The smallest absolute Gasteiger partial charge is 0.473 e. The van der Waals surface area contributed by atoms with Crippen LogP contribution in [0.25, 0.3) is 0 Å². The van der Waals surface area contributed by atoms with E-state index in [0.717, 1.165) is 12.7 Å². The summed E-state index contributed by atoms with van der Waals surface area (Å²) in [5, 5.41) is 3.57. The Morgan fingerprint density at radius 1 is 1.32 bits per heavy atom. The fraction of sp³-hybridized carbons (Fsp3) is 0.304. The molecule has 2 N–H and O–H groups in total. The molecule has 2 atom stereocenters. The van der Waals surface area contributed by atoms with Gasteiger partial charge in [0.15, 0.2) is 5.82 Å². The third-order valence-electron chi connectivity index (χ3n) is 5.51. The highest BCUT2D eigenvalue weighted by atomic mass is 35.5. The van der Waals surface area contributed by atoms with Gasteiger partial charge in [0, 0.05) is 38.8 Å². The first-order valence-electron chi connectivity index (χ1n) is 11.4. The van der Waals surface area contributed by atoms with E-state index in [4.69, 9.17) is 20.9 Å². The first-order chi connectivity index (χ1) is 18.3. The van der Waals surface area contributed by atoms with E-state index in [0.29, 0.717) is 30.2 Å². The quantitative estimate of drug-likeness (QED) is 0.274. The molecule has 3 aromatic rings. The average molecular weight is 562 g/mol. The van der Waals surface area contributed by atoms with E-state index < -0.39 is 20.0 Å². The Morgan fingerprint density at radius 3 is 2.82 bits per heavy atom. The molecule has 1 saturated heterocycles. The Morgan fingerprint density at radius 2 is 2.11 bits per heavy atom. The van der Waals surface area contributed by atoms with Gasteiger partial charge in [0.05, 0.1) is 18.3 Å². The van der Waals surface area contributed by atoms with Gasteiger partial charge in [0.25, 0.3) is 5.91 Å². The third-order valence-corrected chi connectivity index (χ3v) is 6.77. The largest absolute Gasteiger partial charge is 0.495 e. The molecule has 15 heteroatoms. The highest BCUT2D eigenvalue weighted by molar-refractivity contribution is 7.47. The summed E-state index contributed by atoms with van der Waals surface area (Å²) in [7, 11) is -1.63. The van der Waals surface area contributed by atoms with Crippen LogP contribution >= 0.6 is 19.4 Å². The standard InChI is InChI=1S/C23H25ClN7O6P/c1-35-18-7-6-15(11-17(18)24)12-27-21-16(22(32)28-14-19-25-8-4-9-26-19)13-29-23(30-21)31-10-3-5-20(31)37-38(33,34)36-2/h4,6-9,11,13-14,20H,3,5,10,12H2,1-2H3,(H,33,34)(H,27,29,30)/t20-/m0/s1. The minimum absolute atomic E-state index is 0.0990. The van der Waals surface area contributed by atoms with Crippen molar-refractivity contribution >= 4 is 43.3 Å². The Kier molecular flexibility index (Phi) is 8.97. The lowest BCUT2D eigenvalue weighted by atomic mass is 10.2. The molecule has 2 aromatic heterocycles. The van der Waals surface area contributed by atoms with Crippen LogP contribution in [-0.2, 0) is 20.2 Å². The topological polar surface area (TPSA) is 161 Å². The van der Waals surface area contributed by atoms with Crippen molar-refractivity contribution < 1.29 is 28.0 Å². The van der Waals surface area contributed by atoms with Crippen LogP contribution in [0, 0.1) is 0 Å². The number of rotatable bonds is 10. The highest BCUT2D eigenvalue weighted by Gasteiger charge is 2.34. The molecule has 1 aromatic carbocycles. The van der Waals surface area contributed by atoms with E-state index in [1.807, 2.05) is 6.07 Å². The SMILES string of the molecule is COc1ccc(CNc2nc(N3CCC[C@@H]3OP(=O)(O)OC)ncc2C(=O)N=Cc2ncccn2)cc1Cl. The van der Waals surface area contributed by atoms with E-state index >= 15 is 0 Å². The molecule has 1 amide bonds. The molecule has 1 aliphatic rings. The van der Waals surface area contributed by atoms with Gasteiger partial charge in [0.2, 0.25) is 5.95 Å². The molecule has 13 nitrogen and oxygen atoms in total. The number of carbonyl (C=O) groups excluding carboxylic acids is 1. The second-order valence-electron chi connectivity index (χ2n) is 7.97. The summed E-state index contributed by atoms with van der Waals surface area (Å²) in [6, 6.07) is 6.93. The van der Waals surface area contributed by atoms with Gasteiger partial charge in [-0.25, -0.2) is 24.5 Å². The number of nitrogens with one attached hydrogen (secondary N) is 1. The zero-order chi connectivity index (χ0) is 27.1. The van der Waals surface area contributed by atoms with Crippen LogP contribution in [0.1, 0.15) is 34.6 Å². The summed E-state index contributed by atoms with van der Waals surface area (Å²) in [6.45, 7) is 0.736. The summed E-state index contributed by atoms with van der Waals surface area (Å²) in [6.07, 6.45) is 6.01. The normalized spacial score (nSPS) is 16.9. The number of anilines is 2. The molecule has 0 saturated carbocycles. The molecule has 1 fully saturated rings. The number of aliphatic imine (C=N–C) groups is 1. The van der Waals surface area contributed by atoms with E-state index in [2.05, 4.69) is 34.8 Å². The van der Waals surface area contributed by atoms with Gasteiger partial charge in [-0.1, -0.05) is 17.7 Å². The molecular formula is C23H25ClN7O6P. The molecule has 4 rings (SSSR count). The number of carbonyl (C=O) groups is 1. The van der Waals surface area contributed by atoms with Gasteiger partial charge in [-0.15, -0.1) is 0 Å². The third kappa shape index (κ3) is 6.88. The fourth-order valence-electron chi connectivity index (χ4n) is 3.64. The van der Waals surface area contributed by atoms with Gasteiger partial charge in [-0.2, -0.15) is 4.98 Å².